The van der Waals surface area contributed by atoms with Crippen LogP contribution >= 0.6 is 11.6 Å². The Hall–Kier alpha value is -1.09. The standard InChI is InChI=1S/C7H3ClFNO/c8-5-1-2-6(9)7-4(5)3-10-11-7/h1-3H. The molecular formula is C7H3ClFNO. The Balaban J connectivity index is 2.96. The predicted molar refractivity (Wildman–Crippen MR) is 39.0 cm³/mol. The summed E-state index contributed by atoms with van der Waals surface area (Å²) in [6, 6.07) is 2.71. The molecule has 0 radical (unpaired) electrons. The van der Waals surface area contributed by atoms with E-state index < -0.39 is 5.82 Å². The fourth-order valence-corrected chi connectivity index (χ4v) is 1.09. The largest absolute Gasteiger partial charge is 0.353 e. The number of hydrogen-bond donors (Lipinski definition) is 0. The molecule has 0 N–H and O–H groups in total. The molecule has 56 valence electrons. The Labute approximate surface area is 66.5 Å². The summed E-state index contributed by atoms with van der Waals surface area (Å²) < 4.78 is 17.4. The van der Waals surface area contributed by atoms with E-state index in [9.17, 15) is 4.39 Å². The van der Waals surface area contributed by atoms with E-state index in [4.69, 9.17) is 11.6 Å². The summed E-state index contributed by atoms with van der Waals surface area (Å²) in [6.07, 6.45) is 1.39. The molecule has 2 nitrogen and oxygen atoms in total. The van der Waals surface area contributed by atoms with E-state index in [-0.39, 0.29) is 5.58 Å². The lowest BCUT2D eigenvalue weighted by molar-refractivity contribution is 0.440. The van der Waals surface area contributed by atoms with Gasteiger partial charge < -0.3 is 4.52 Å². The normalized spacial score (nSPS) is 10.7. The van der Waals surface area contributed by atoms with Crippen LogP contribution in [-0.4, -0.2) is 5.16 Å². The van der Waals surface area contributed by atoms with Gasteiger partial charge in [0.2, 0.25) is 5.58 Å². The first-order chi connectivity index (χ1) is 5.29. The minimum atomic E-state index is -0.443. The van der Waals surface area contributed by atoms with Crippen molar-refractivity contribution < 1.29 is 8.91 Å². The lowest BCUT2D eigenvalue weighted by atomic mass is 10.2. The second-order valence-corrected chi connectivity index (χ2v) is 2.51. The van der Waals surface area contributed by atoms with E-state index in [2.05, 4.69) is 9.68 Å². The number of halogens is 2. The molecule has 1 aromatic heterocycles. The van der Waals surface area contributed by atoms with Gasteiger partial charge in [0.25, 0.3) is 0 Å². The van der Waals surface area contributed by atoms with Gasteiger partial charge in [0.15, 0.2) is 5.82 Å². The number of aromatic nitrogens is 1. The van der Waals surface area contributed by atoms with Crippen molar-refractivity contribution >= 4 is 22.6 Å². The van der Waals surface area contributed by atoms with E-state index >= 15 is 0 Å². The summed E-state index contributed by atoms with van der Waals surface area (Å²) in [5.41, 5.74) is 0.109. The van der Waals surface area contributed by atoms with Crippen molar-refractivity contribution in [2.75, 3.05) is 0 Å². The van der Waals surface area contributed by atoms with E-state index in [0.29, 0.717) is 10.4 Å². The molecule has 0 saturated carbocycles. The summed E-state index contributed by atoms with van der Waals surface area (Å²) in [7, 11) is 0. The fourth-order valence-electron chi connectivity index (χ4n) is 0.894. The summed E-state index contributed by atoms with van der Waals surface area (Å²) >= 11 is 5.70. The molecule has 0 amide bonds. The highest BCUT2D eigenvalue weighted by Gasteiger charge is 2.07. The van der Waals surface area contributed by atoms with E-state index in [1.54, 1.807) is 0 Å². The number of fused-ring (bicyclic) bond motifs is 1. The highest BCUT2D eigenvalue weighted by Crippen LogP contribution is 2.24. The Bertz CT molecular complexity index is 362. The molecule has 0 atom stereocenters. The number of benzene rings is 1. The van der Waals surface area contributed by atoms with Crippen LogP contribution in [0.2, 0.25) is 5.02 Å². The zero-order valence-corrected chi connectivity index (χ0v) is 6.10. The van der Waals surface area contributed by atoms with Gasteiger partial charge in [-0.1, -0.05) is 16.8 Å². The maximum atomic E-state index is 12.8. The van der Waals surface area contributed by atoms with Crippen molar-refractivity contribution in [1.82, 2.24) is 5.16 Å². The number of hydrogen-bond acceptors (Lipinski definition) is 2. The van der Waals surface area contributed by atoms with Gasteiger partial charge in [-0.2, -0.15) is 0 Å². The maximum absolute atomic E-state index is 12.8. The third-order valence-electron chi connectivity index (χ3n) is 1.42. The Morgan fingerprint density at radius 1 is 1.45 bits per heavy atom. The minimum Gasteiger partial charge on any atom is -0.353 e. The lowest BCUT2D eigenvalue weighted by Crippen LogP contribution is -1.73. The van der Waals surface area contributed by atoms with Crippen LogP contribution in [0.4, 0.5) is 4.39 Å². The van der Waals surface area contributed by atoms with Crippen LogP contribution in [0.15, 0.2) is 22.9 Å². The average Bonchev–Trinajstić information content (AvgIpc) is 2.45. The SMILES string of the molecule is Fc1ccc(Cl)c2cnoc12. The molecule has 0 aliphatic rings. The second-order valence-electron chi connectivity index (χ2n) is 2.10. The average molecular weight is 172 g/mol. The van der Waals surface area contributed by atoms with Crippen molar-refractivity contribution in [3.05, 3.63) is 29.2 Å². The molecule has 0 fully saturated rings. The van der Waals surface area contributed by atoms with Crippen LogP contribution in [0.25, 0.3) is 11.0 Å². The van der Waals surface area contributed by atoms with Crippen LogP contribution in [-0.2, 0) is 0 Å². The third-order valence-corrected chi connectivity index (χ3v) is 1.75. The Morgan fingerprint density at radius 2 is 2.27 bits per heavy atom. The molecule has 0 aliphatic carbocycles. The highest BCUT2D eigenvalue weighted by molar-refractivity contribution is 6.35. The van der Waals surface area contributed by atoms with Crippen LogP contribution in [0.1, 0.15) is 0 Å². The Kier molecular flexibility index (Phi) is 1.32. The molecule has 1 aromatic carbocycles. The van der Waals surface area contributed by atoms with Gasteiger partial charge >= 0.3 is 0 Å². The number of rotatable bonds is 0. The van der Waals surface area contributed by atoms with Crippen LogP contribution < -0.4 is 0 Å². The van der Waals surface area contributed by atoms with Crippen molar-refractivity contribution in [2.24, 2.45) is 0 Å². The summed E-state index contributed by atoms with van der Waals surface area (Å²) in [4.78, 5) is 0. The van der Waals surface area contributed by atoms with Crippen LogP contribution in [0, 0.1) is 5.82 Å². The molecule has 1 heterocycles. The molecule has 11 heavy (non-hydrogen) atoms. The topological polar surface area (TPSA) is 26.0 Å². The van der Waals surface area contributed by atoms with Gasteiger partial charge in [0.1, 0.15) is 0 Å². The van der Waals surface area contributed by atoms with E-state index in [1.807, 2.05) is 0 Å². The van der Waals surface area contributed by atoms with Gasteiger partial charge in [-0.3, -0.25) is 0 Å². The van der Waals surface area contributed by atoms with Gasteiger partial charge in [-0.05, 0) is 12.1 Å². The summed E-state index contributed by atoms with van der Waals surface area (Å²) in [6.45, 7) is 0. The molecular weight excluding hydrogens is 169 g/mol. The monoisotopic (exact) mass is 171 g/mol. The molecule has 0 bridgehead atoms. The molecule has 0 aliphatic heterocycles. The van der Waals surface area contributed by atoms with Crippen molar-refractivity contribution in [2.45, 2.75) is 0 Å². The summed E-state index contributed by atoms with van der Waals surface area (Å²) in [5.74, 6) is -0.443. The zero-order valence-electron chi connectivity index (χ0n) is 5.34. The first kappa shape index (κ1) is 6.61. The van der Waals surface area contributed by atoms with Gasteiger partial charge in [0.05, 0.1) is 16.6 Å². The summed E-state index contributed by atoms with van der Waals surface area (Å²) in [5, 5.41) is 4.38. The first-order valence-corrected chi connectivity index (χ1v) is 3.35. The molecule has 0 saturated heterocycles. The Morgan fingerprint density at radius 3 is 3.00 bits per heavy atom. The molecule has 2 aromatic rings. The molecule has 2 rings (SSSR count). The zero-order chi connectivity index (χ0) is 7.84. The minimum absolute atomic E-state index is 0.109. The first-order valence-electron chi connectivity index (χ1n) is 2.97. The lowest BCUT2D eigenvalue weighted by Gasteiger charge is -1.90. The van der Waals surface area contributed by atoms with Crippen molar-refractivity contribution in [1.29, 1.82) is 0 Å². The second kappa shape index (κ2) is 2.20. The maximum Gasteiger partial charge on any atom is 0.203 e. The highest BCUT2D eigenvalue weighted by atomic mass is 35.5. The predicted octanol–water partition coefficient (Wildman–Crippen LogP) is 2.62. The van der Waals surface area contributed by atoms with Crippen molar-refractivity contribution in [3.63, 3.8) is 0 Å². The van der Waals surface area contributed by atoms with E-state index in [1.165, 1.54) is 18.3 Å². The molecule has 4 heteroatoms. The van der Waals surface area contributed by atoms with E-state index in [0.717, 1.165) is 0 Å². The van der Waals surface area contributed by atoms with Crippen molar-refractivity contribution in [3.8, 4) is 0 Å². The molecule has 0 spiro atoms. The fraction of sp³-hybridized carbons (Fsp3) is 0. The van der Waals surface area contributed by atoms with Gasteiger partial charge in [0, 0.05) is 0 Å². The van der Waals surface area contributed by atoms with Crippen LogP contribution in [0.5, 0.6) is 0 Å². The third kappa shape index (κ3) is 0.886. The molecule has 0 unspecified atom stereocenters. The van der Waals surface area contributed by atoms with Gasteiger partial charge in [-0.15, -0.1) is 0 Å². The van der Waals surface area contributed by atoms with Gasteiger partial charge in [-0.25, -0.2) is 4.39 Å². The number of nitrogens with zero attached hydrogens (tertiary/aromatic N) is 1. The van der Waals surface area contributed by atoms with Crippen LogP contribution in [0.3, 0.4) is 0 Å². The quantitative estimate of drug-likeness (QED) is 0.609. The smallest absolute Gasteiger partial charge is 0.203 e.